The lowest BCUT2D eigenvalue weighted by atomic mass is 10.0. The Hall–Kier alpha value is -1.86. The summed E-state index contributed by atoms with van der Waals surface area (Å²) >= 11 is 0. The van der Waals surface area contributed by atoms with Crippen LogP contribution in [-0.4, -0.2) is 44.9 Å². The average molecular weight is 345 g/mol. The van der Waals surface area contributed by atoms with E-state index >= 15 is 0 Å². The van der Waals surface area contributed by atoms with Crippen molar-refractivity contribution in [2.45, 2.75) is 37.9 Å². The van der Waals surface area contributed by atoms with Crippen LogP contribution in [-0.2, 0) is 0 Å². The fraction of sp³-hybridized carbons (Fsp3) is 0.471. The van der Waals surface area contributed by atoms with Gasteiger partial charge in [-0.15, -0.1) is 5.10 Å². The molecule has 1 amide bonds. The molecule has 0 spiro atoms. The Morgan fingerprint density at radius 3 is 2.62 bits per heavy atom. The minimum Gasteiger partial charge on any atom is -0.345 e. The van der Waals surface area contributed by atoms with Crippen LogP contribution in [0.4, 0.5) is 0 Å². The molecule has 2 aliphatic rings. The molecule has 0 unspecified atom stereocenters. The topological polar surface area (TPSA) is 63.1 Å². The number of aromatic nitrogens is 3. The highest BCUT2D eigenvalue weighted by molar-refractivity contribution is 7.59. The summed E-state index contributed by atoms with van der Waals surface area (Å²) in [5, 5.41) is 11.1. The van der Waals surface area contributed by atoms with Gasteiger partial charge in [-0.3, -0.25) is 9.69 Å². The molecule has 2 heterocycles. The second-order valence-electron chi connectivity index (χ2n) is 6.53. The van der Waals surface area contributed by atoms with Gasteiger partial charge in [0.1, 0.15) is 0 Å². The quantitative estimate of drug-likeness (QED) is 0.899. The largest absolute Gasteiger partial charge is 0.345 e. The molecule has 0 radical (unpaired) electrons. The van der Waals surface area contributed by atoms with E-state index in [0.717, 1.165) is 25.9 Å². The molecule has 1 atom stereocenters. The van der Waals surface area contributed by atoms with E-state index in [1.165, 1.54) is 5.56 Å². The number of carbonyl (C=O) groups excluding carboxylic acids is 1. The minimum atomic E-state index is -0.117. The first-order valence-electron chi connectivity index (χ1n) is 8.22. The fourth-order valence-electron chi connectivity index (χ4n) is 3.02. The van der Waals surface area contributed by atoms with Gasteiger partial charge in [-0.2, -0.15) is 13.5 Å². The number of amides is 1. The van der Waals surface area contributed by atoms with Crippen LogP contribution in [0, 0.1) is 0 Å². The summed E-state index contributed by atoms with van der Waals surface area (Å²) in [4.78, 5) is 14.6. The highest BCUT2D eigenvalue weighted by atomic mass is 32.1. The van der Waals surface area contributed by atoms with E-state index < -0.39 is 0 Å². The van der Waals surface area contributed by atoms with Crippen LogP contribution in [0.2, 0.25) is 0 Å². The van der Waals surface area contributed by atoms with Gasteiger partial charge in [-0.25, -0.2) is 4.68 Å². The van der Waals surface area contributed by atoms with Gasteiger partial charge < -0.3 is 5.32 Å². The van der Waals surface area contributed by atoms with E-state index in [2.05, 4.69) is 51.7 Å². The zero-order valence-electron chi connectivity index (χ0n) is 13.7. The summed E-state index contributed by atoms with van der Waals surface area (Å²) in [5.74, 6) is -0.117. The number of likely N-dealkylation sites (tertiary alicyclic amines) is 1. The summed E-state index contributed by atoms with van der Waals surface area (Å²) in [5.41, 5.74) is 1.73. The van der Waals surface area contributed by atoms with Crippen molar-refractivity contribution in [2.75, 3.05) is 13.1 Å². The fourth-order valence-corrected chi connectivity index (χ4v) is 3.02. The number of nitrogens with one attached hydrogen (secondary N) is 1. The Labute approximate surface area is 148 Å². The number of rotatable bonds is 5. The maximum atomic E-state index is 12.2. The molecular weight excluding hydrogens is 322 g/mol. The molecule has 1 saturated carbocycles. The molecule has 0 bridgehead atoms. The average Bonchev–Trinajstić information content (AvgIpc) is 3.27. The Morgan fingerprint density at radius 2 is 1.96 bits per heavy atom. The normalized spacial score (nSPS) is 19.2. The zero-order valence-corrected chi connectivity index (χ0v) is 14.7. The molecule has 128 valence electrons. The molecular formula is C17H23N5OS. The SMILES string of the molecule is C[C@@H](c1ccccc1)N1CC(NC(=O)c2cn(C3CC3)nn2)C1.S. The summed E-state index contributed by atoms with van der Waals surface area (Å²) < 4.78 is 1.81. The number of benzene rings is 1. The van der Waals surface area contributed by atoms with E-state index in [0.29, 0.717) is 17.8 Å². The maximum Gasteiger partial charge on any atom is 0.273 e. The molecule has 1 saturated heterocycles. The van der Waals surface area contributed by atoms with Crippen LogP contribution >= 0.6 is 13.5 Å². The van der Waals surface area contributed by atoms with Crippen molar-refractivity contribution in [1.29, 1.82) is 0 Å². The third-order valence-electron chi connectivity index (χ3n) is 4.74. The van der Waals surface area contributed by atoms with E-state index in [1.807, 2.05) is 6.07 Å². The second-order valence-corrected chi connectivity index (χ2v) is 6.53. The maximum absolute atomic E-state index is 12.2. The van der Waals surface area contributed by atoms with E-state index in [-0.39, 0.29) is 25.4 Å². The smallest absolute Gasteiger partial charge is 0.273 e. The predicted molar refractivity (Wildman–Crippen MR) is 96.4 cm³/mol. The highest BCUT2D eigenvalue weighted by Gasteiger charge is 2.33. The van der Waals surface area contributed by atoms with Crippen molar-refractivity contribution in [3.8, 4) is 0 Å². The molecule has 1 aliphatic heterocycles. The molecule has 4 rings (SSSR count). The predicted octanol–water partition coefficient (Wildman–Crippen LogP) is 1.90. The first-order valence-corrected chi connectivity index (χ1v) is 8.22. The van der Waals surface area contributed by atoms with Gasteiger partial charge in [0.25, 0.3) is 5.91 Å². The lowest BCUT2D eigenvalue weighted by Gasteiger charge is -2.43. The molecule has 6 nitrogen and oxygen atoms in total. The van der Waals surface area contributed by atoms with Crippen molar-refractivity contribution < 1.29 is 4.79 Å². The minimum absolute atomic E-state index is 0. The summed E-state index contributed by atoms with van der Waals surface area (Å²) in [7, 11) is 0. The van der Waals surface area contributed by atoms with E-state index in [1.54, 1.807) is 10.9 Å². The van der Waals surface area contributed by atoms with Gasteiger partial charge in [0, 0.05) is 19.1 Å². The zero-order chi connectivity index (χ0) is 15.8. The Morgan fingerprint density at radius 1 is 1.25 bits per heavy atom. The molecule has 2 fully saturated rings. The molecule has 1 aromatic carbocycles. The van der Waals surface area contributed by atoms with Crippen molar-refractivity contribution in [1.82, 2.24) is 25.2 Å². The third kappa shape index (κ3) is 3.47. The number of hydrogen-bond donors (Lipinski definition) is 1. The van der Waals surface area contributed by atoms with Gasteiger partial charge in [-0.05, 0) is 25.3 Å². The Kier molecular flexibility index (Phi) is 4.91. The van der Waals surface area contributed by atoms with Crippen LogP contribution in [0.3, 0.4) is 0 Å². The number of nitrogens with zero attached hydrogens (tertiary/aromatic N) is 4. The van der Waals surface area contributed by atoms with Crippen LogP contribution < -0.4 is 5.32 Å². The van der Waals surface area contributed by atoms with E-state index in [9.17, 15) is 4.79 Å². The third-order valence-corrected chi connectivity index (χ3v) is 4.74. The number of carbonyl (C=O) groups is 1. The van der Waals surface area contributed by atoms with Gasteiger partial charge in [0.15, 0.2) is 5.69 Å². The van der Waals surface area contributed by atoms with E-state index in [4.69, 9.17) is 0 Å². The standard InChI is InChI=1S/C17H21N5O.H2S/c1-12(13-5-3-2-4-6-13)21-9-14(10-21)18-17(23)16-11-22(20-19-16)15-7-8-15;/h2-6,11-12,14-15H,7-10H2,1H3,(H,18,23);1H2/t12-;/m0./s1. The first kappa shape index (κ1) is 17.0. The molecule has 24 heavy (non-hydrogen) atoms. The second kappa shape index (κ2) is 6.94. The summed E-state index contributed by atoms with van der Waals surface area (Å²) in [6.07, 6.45) is 4.04. The molecule has 1 aromatic heterocycles. The highest BCUT2D eigenvalue weighted by Crippen LogP contribution is 2.33. The number of hydrogen-bond acceptors (Lipinski definition) is 4. The van der Waals surface area contributed by atoms with Crippen molar-refractivity contribution in [3.05, 3.63) is 47.8 Å². The molecule has 2 aromatic rings. The summed E-state index contributed by atoms with van der Waals surface area (Å²) in [6.45, 7) is 3.95. The van der Waals surface area contributed by atoms with Crippen LogP contribution in [0.15, 0.2) is 36.5 Å². The monoisotopic (exact) mass is 345 g/mol. The van der Waals surface area contributed by atoms with Crippen molar-refractivity contribution >= 4 is 19.4 Å². The van der Waals surface area contributed by atoms with Crippen LogP contribution in [0.5, 0.6) is 0 Å². The van der Waals surface area contributed by atoms with Crippen LogP contribution in [0.25, 0.3) is 0 Å². The van der Waals surface area contributed by atoms with Gasteiger partial charge in [0.05, 0.1) is 18.3 Å². The summed E-state index contributed by atoms with van der Waals surface area (Å²) in [6, 6.07) is 11.5. The Balaban J connectivity index is 0.00000169. The first-order chi connectivity index (χ1) is 11.2. The van der Waals surface area contributed by atoms with Crippen LogP contribution in [0.1, 0.15) is 47.9 Å². The van der Waals surface area contributed by atoms with Crippen molar-refractivity contribution in [3.63, 3.8) is 0 Å². The molecule has 1 N–H and O–H groups in total. The van der Waals surface area contributed by atoms with Gasteiger partial charge in [0.2, 0.25) is 0 Å². The molecule has 7 heteroatoms. The molecule has 1 aliphatic carbocycles. The Bertz CT molecular complexity index is 694. The van der Waals surface area contributed by atoms with Gasteiger partial charge in [-0.1, -0.05) is 35.5 Å². The lowest BCUT2D eigenvalue weighted by Crippen LogP contribution is -2.59. The van der Waals surface area contributed by atoms with Gasteiger partial charge >= 0.3 is 0 Å². The lowest BCUT2D eigenvalue weighted by molar-refractivity contribution is 0.0672. The van der Waals surface area contributed by atoms with Crippen molar-refractivity contribution in [2.24, 2.45) is 0 Å².